The molecule has 0 heterocycles. The highest BCUT2D eigenvalue weighted by Crippen LogP contribution is 2.38. The third-order valence-electron chi connectivity index (χ3n) is 1.02. The molecule has 1 unspecified atom stereocenters. The van der Waals surface area contributed by atoms with Crippen molar-refractivity contribution in [1.82, 2.24) is 5.32 Å². The van der Waals surface area contributed by atoms with E-state index in [4.69, 9.17) is 9.79 Å². The summed E-state index contributed by atoms with van der Waals surface area (Å²) >= 11 is 0. The van der Waals surface area contributed by atoms with E-state index < -0.39 is 19.5 Å². The number of methoxy groups -OCH3 is 1. The molecule has 7 heteroatoms. The average Bonchev–Trinajstić information content (AvgIpc) is 1.85. The lowest BCUT2D eigenvalue weighted by Crippen LogP contribution is -2.32. The van der Waals surface area contributed by atoms with Gasteiger partial charge in [0.2, 0.25) is 0 Å². The van der Waals surface area contributed by atoms with Crippen LogP contribution < -0.4 is 5.32 Å². The van der Waals surface area contributed by atoms with E-state index in [9.17, 15) is 9.36 Å². The first-order chi connectivity index (χ1) is 4.88. The zero-order valence-corrected chi connectivity index (χ0v) is 7.04. The molecular weight excluding hydrogens is 173 g/mol. The molecular formula is C4H10NO5P. The van der Waals surface area contributed by atoms with Crippen LogP contribution in [0.15, 0.2) is 0 Å². The third kappa shape index (κ3) is 3.98. The van der Waals surface area contributed by atoms with Crippen molar-refractivity contribution in [2.24, 2.45) is 0 Å². The molecule has 0 saturated heterocycles. The van der Waals surface area contributed by atoms with Gasteiger partial charge < -0.3 is 19.8 Å². The van der Waals surface area contributed by atoms with Gasteiger partial charge in [-0.1, -0.05) is 0 Å². The van der Waals surface area contributed by atoms with Gasteiger partial charge in [-0.25, -0.2) is 4.79 Å². The standard InChI is InChI=1S/C4H10NO5P/c1-3(11(7,8)9)5-4(6)10-2/h3H,1-2H3,(H,5,6)(H2,7,8,9). The number of nitrogens with one attached hydrogen (secondary N) is 1. The Balaban J connectivity index is 3.98. The van der Waals surface area contributed by atoms with Crippen LogP contribution in [0.5, 0.6) is 0 Å². The van der Waals surface area contributed by atoms with Crippen molar-refractivity contribution in [3.05, 3.63) is 0 Å². The van der Waals surface area contributed by atoms with Crippen molar-refractivity contribution in [1.29, 1.82) is 0 Å². The van der Waals surface area contributed by atoms with Gasteiger partial charge in [-0.15, -0.1) is 0 Å². The molecule has 0 bridgehead atoms. The van der Waals surface area contributed by atoms with Gasteiger partial charge in [-0.2, -0.15) is 0 Å². The van der Waals surface area contributed by atoms with E-state index in [0.717, 1.165) is 7.11 Å². The number of hydrogen-bond acceptors (Lipinski definition) is 3. The van der Waals surface area contributed by atoms with Crippen molar-refractivity contribution in [2.45, 2.75) is 12.7 Å². The summed E-state index contributed by atoms with van der Waals surface area (Å²) in [7, 11) is -3.12. The Morgan fingerprint density at radius 2 is 2.09 bits per heavy atom. The highest BCUT2D eigenvalue weighted by atomic mass is 31.2. The largest absolute Gasteiger partial charge is 0.453 e. The first kappa shape index (κ1) is 10.4. The van der Waals surface area contributed by atoms with Crippen LogP contribution in [-0.2, 0) is 9.30 Å². The number of ether oxygens (including phenoxy) is 1. The molecule has 0 aromatic carbocycles. The zero-order chi connectivity index (χ0) is 9.07. The summed E-state index contributed by atoms with van der Waals surface area (Å²) in [5, 5.41) is 1.95. The highest BCUT2D eigenvalue weighted by Gasteiger charge is 2.25. The van der Waals surface area contributed by atoms with Crippen LogP contribution >= 0.6 is 7.60 Å². The van der Waals surface area contributed by atoms with Crippen LogP contribution in [0.25, 0.3) is 0 Å². The second-order valence-corrected chi connectivity index (χ2v) is 3.85. The Morgan fingerprint density at radius 3 is 2.36 bits per heavy atom. The summed E-state index contributed by atoms with van der Waals surface area (Å²) in [6.07, 6.45) is -0.860. The predicted octanol–water partition coefficient (Wildman–Crippen LogP) is -0.134. The minimum Gasteiger partial charge on any atom is -0.453 e. The first-order valence-electron chi connectivity index (χ1n) is 2.77. The summed E-state index contributed by atoms with van der Waals surface area (Å²) < 4.78 is 14.5. The van der Waals surface area contributed by atoms with Crippen LogP contribution in [0.3, 0.4) is 0 Å². The Bertz CT molecular complexity index is 187. The summed E-state index contributed by atoms with van der Waals surface area (Å²) in [5.41, 5.74) is 0. The molecule has 0 spiro atoms. The van der Waals surface area contributed by atoms with Crippen molar-refractivity contribution in [2.75, 3.05) is 7.11 Å². The predicted molar refractivity (Wildman–Crippen MR) is 37.0 cm³/mol. The van der Waals surface area contributed by atoms with Crippen molar-refractivity contribution < 1.29 is 23.9 Å². The molecule has 0 fully saturated rings. The fourth-order valence-electron chi connectivity index (χ4n) is 0.314. The molecule has 1 atom stereocenters. The Morgan fingerprint density at radius 1 is 1.64 bits per heavy atom. The number of carbonyl (C=O) groups excluding carboxylic acids is 1. The van der Waals surface area contributed by atoms with Gasteiger partial charge >= 0.3 is 13.7 Å². The summed E-state index contributed by atoms with van der Waals surface area (Å²) in [5.74, 6) is -1.21. The summed E-state index contributed by atoms with van der Waals surface area (Å²) in [6.45, 7) is 1.19. The number of hydrogen-bond donors (Lipinski definition) is 3. The molecule has 0 aromatic heterocycles. The fraction of sp³-hybridized carbons (Fsp3) is 0.750. The quantitative estimate of drug-likeness (QED) is 0.518. The van der Waals surface area contributed by atoms with Gasteiger partial charge in [0.25, 0.3) is 0 Å². The third-order valence-corrected chi connectivity index (χ3v) is 2.15. The molecule has 0 saturated carbocycles. The maximum absolute atomic E-state index is 10.4. The molecule has 3 N–H and O–H groups in total. The lowest BCUT2D eigenvalue weighted by atomic mass is 10.7. The normalized spacial score (nSPS) is 13.8. The monoisotopic (exact) mass is 183 g/mol. The van der Waals surface area contributed by atoms with E-state index in [-0.39, 0.29) is 0 Å². The number of carbonyl (C=O) groups is 1. The minimum absolute atomic E-state index is 0.860. The van der Waals surface area contributed by atoms with Crippen molar-refractivity contribution in [3.8, 4) is 0 Å². The Labute approximate surface area is 63.7 Å². The maximum Gasteiger partial charge on any atom is 0.407 e. The number of alkyl carbamates (subject to hydrolysis) is 1. The summed E-state index contributed by atoms with van der Waals surface area (Å²) in [4.78, 5) is 27.3. The molecule has 0 aromatic rings. The minimum atomic E-state index is -4.24. The first-order valence-corrected chi connectivity index (χ1v) is 4.45. The molecule has 0 aliphatic carbocycles. The highest BCUT2D eigenvalue weighted by molar-refractivity contribution is 7.52. The number of rotatable bonds is 2. The van der Waals surface area contributed by atoms with Crippen LogP contribution in [0.1, 0.15) is 6.92 Å². The second-order valence-electron chi connectivity index (χ2n) is 1.90. The van der Waals surface area contributed by atoms with E-state index in [2.05, 4.69) is 4.74 Å². The number of amides is 1. The van der Waals surface area contributed by atoms with E-state index in [1.54, 1.807) is 0 Å². The van der Waals surface area contributed by atoms with Gasteiger partial charge in [0.05, 0.1) is 7.11 Å². The van der Waals surface area contributed by atoms with Gasteiger partial charge in [-0.05, 0) is 6.92 Å². The van der Waals surface area contributed by atoms with Crippen LogP contribution in [0.2, 0.25) is 0 Å². The zero-order valence-electron chi connectivity index (χ0n) is 6.14. The van der Waals surface area contributed by atoms with Gasteiger partial charge in [0, 0.05) is 0 Å². The van der Waals surface area contributed by atoms with Gasteiger partial charge in [0.15, 0.2) is 0 Å². The van der Waals surface area contributed by atoms with Crippen LogP contribution in [0.4, 0.5) is 4.79 Å². The van der Waals surface area contributed by atoms with Crippen LogP contribution in [-0.4, -0.2) is 28.8 Å². The molecule has 0 rings (SSSR count). The summed E-state index contributed by atoms with van der Waals surface area (Å²) in [6, 6.07) is 0. The van der Waals surface area contributed by atoms with Gasteiger partial charge in [0.1, 0.15) is 5.78 Å². The molecule has 0 aliphatic rings. The molecule has 66 valence electrons. The van der Waals surface area contributed by atoms with Crippen LogP contribution in [0, 0.1) is 0 Å². The SMILES string of the molecule is COC(=O)NC(C)P(=O)(O)O. The lowest BCUT2D eigenvalue weighted by Gasteiger charge is -2.13. The maximum atomic E-state index is 10.4. The molecule has 0 radical (unpaired) electrons. The van der Waals surface area contributed by atoms with E-state index in [1.165, 1.54) is 6.92 Å². The Hall–Kier alpha value is -0.580. The second kappa shape index (κ2) is 3.71. The molecule has 6 nitrogen and oxygen atoms in total. The van der Waals surface area contributed by atoms with Crippen molar-refractivity contribution in [3.63, 3.8) is 0 Å². The van der Waals surface area contributed by atoms with Gasteiger partial charge in [-0.3, -0.25) is 4.57 Å². The molecule has 0 aliphatic heterocycles. The van der Waals surface area contributed by atoms with E-state index >= 15 is 0 Å². The smallest absolute Gasteiger partial charge is 0.407 e. The Kier molecular flexibility index (Phi) is 3.51. The van der Waals surface area contributed by atoms with E-state index in [1.807, 2.05) is 5.32 Å². The fourth-order valence-corrected chi connectivity index (χ4v) is 0.587. The molecule has 11 heavy (non-hydrogen) atoms. The molecule has 1 amide bonds. The van der Waals surface area contributed by atoms with E-state index in [0.29, 0.717) is 0 Å². The lowest BCUT2D eigenvalue weighted by molar-refractivity contribution is 0.168. The average molecular weight is 183 g/mol. The topological polar surface area (TPSA) is 95.9 Å². The van der Waals surface area contributed by atoms with Crippen molar-refractivity contribution >= 4 is 13.7 Å².